The van der Waals surface area contributed by atoms with Crippen LogP contribution in [0.2, 0.25) is 0 Å². The van der Waals surface area contributed by atoms with Gasteiger partial charge in [-0.1, -0.05) is 25.1 Å². The van der Waals surface area contributed by atoms with E-state index in [4.69, 9.17) is 10.5 Å². The van der Waals surface area contributed by atoms with Crippen molar-refractivity contribution in [2.75, 3.05) is 11.1 Å². The molecule has 0 atom stereocenters. The minimum atomic E-state index is 0.310. The van der Waals surface area contributed by atoms with E-state index in [0.717, 1.165) is 12.1 Å². The zero-order chi connectivity index (χ0) is 16.9. The van der Waals surface area contributed by atoms with Crippen LogP contribution in [0.15, 0.2) is 48.8 Å². The van der Waals surface area contributed by atoms with Crippen LogP contribution in [0, 0.1) is 6.92 Å². The highest BCUT2D eigenvalue weighted by molar-refractivity contribution is 5.71. The van der Waals surface area contributed by atoms with E-state index in [9.17, 15) is 0 Å². The van der Waals surface area contributed by atoms with Crippen molar-refractivity contribution in [3.05, 3.63) is 60.0 Å². The molecule has 0 bridgehead atoms. The molecule has 0 spiro atoms. The maximum Gasteiger partial charge on any atom is 0.248 e. The molecule has 2 aromatic heterocycles. The Morgan fingerprint density at radius 3 is 2.58 bits per heavy atom. The molecule has 0 aliphatic rings. The second kappa shape index (κ2) is 6.95. The Balaban J connectivity index is 1.82. The zero-order valence-electron chi connectivity index (χ0n) is 13.7. The number of nitrogens with two attached hydrogens (primary N) is 1. The van der Waals surface area contributed by atoms with Crippen molar-refractivity contribution in [2.24, 2.45) is 0 Å². The molecule has 0 unspecified atom stereocenters. The molecule has 0 fully saturated rings. The Morgan fingerprint density at radius 2 is 1.88 bits per heavy atom. The van der Waals surface area contributed by atoms with Crippen LogP contribution in [0.4, 0.5) is 17.3 Å². The van der Waals surface area contributed by atoms with E-state index in [1.807, 2.05) is 49.4 Å². The van der Waals surface area contributed by atoms with Crippen LogP contribution in [-0.2, 0) is 6.42 Å². The summed E-state index contributed by atoms with van der Waals surface area (Å²) in [7, 11) is 0. The van der Waals surface area contributed by atoms with Gasteiger partial charge in [-0.25, -0.2) is 9.97 Å². The van der Waals surface area contributed by atoms with Gasteiger partial charge in [-0.3, -0.25) is 0 Å². The van der Waals surface area contributed by atoms with Gasteiger partial charge in [-0.2, -0.15) is 4.98 Å². The van der Waals surface area contributed by atoms with Gasteiger partial charge in [0.1, 0.15) is 23.6 Å². The van der Waals surface area contributed by atoms with Gasteiger partial charge in [0, 0.05) is 5.69 Å². The summed E-state index contributed by atoms with van der Waals surface area (Å²) in [6.07, 6.45) is 2.39. The fourth-order valence-electron chi connectivity index (χ4n) is 2.20. The Labute approximate surface area is 140 Å². The minimum absolute atomic E-state index is 0.310. The predicted molar refractivity (Wildman–Crippen MR) is 94.6 cm³/mol. The second-order valence-electron chi connectivity index (χ2n) is 5.33. The first-order valence-corrected chi connectivity index (χ1v) is 7.73. The quantitative estimate of drug-likeness (QED) is 0.742. The maximum absolute atomic E-state index is 6.13. The third-order valence-corrected chi connectivity index (χ3v) is 3.53. The van der Waals surface area contributed by atoms with Gasteiger partial charge in [0.05, 0.1) is 0 Å². The van der Waals surface area contributed by atoms with Crippen LogP contribution in [0.5, 0.6) is 11.6 Å². The minimum Gasteiger partial charge on any atom is -0.437 e. The second-order valence-corrected chi connectivity index (χ2v) is 5.33. The lowest BCUT2D eigenvalue weighted by molar-refractivity contribution is 0.464. The average Bonchev–Trinajstić information content (AvgIpc) is 2.59. The number of ether oxygens (including phenoxy) is 1. The molecular weight excluding hydrogens is 302 g/mol. The third kappa shape index (κ3) is 3.60. The lowest BCUT2D eigenvalue weighted by atomic mass is 10.2. The fraction of sp³-hybridized carbons (Fsp3) is 0.167. The molecule has 0 aliphatic heterocycles. The number of hydrogen-bond acceptors (Lipinski definition) is 6. The Kier molecular flexibility index (Phi) is 4.56. The molecular formula is C18H19N5O. The number of aromatic nitrogens is 3. The fourth-order valence-corrected chi connectivity index (χ4v) is 2.20. The molecule has 3 N–H and O–H groups in total. The predicted octanol–water partition coefficient (Wildman–Crippen LogP) is 3.86. The molecule has 1 aromatic carbocycles. The summed E-state index contributed by atoms with van der Waals surface area (Å²) in [6.45, 7) is 4.03. The lowest BCUT2D eigenvalue weighted by Gasteiger charge is -2.11. The van der Waals surface area contributed by atoms with Crippen molar-refractivity contribution in [3.8, 4) is 11.6 Å². The number of aryl methyl sites for hydroxylation is 2. The van der Waals surface area contributed by atoms with Crippen molar-refractivity contribution in [2.45, 2.75) is 20.3 Å². The molecule has 24 heavy (non-hydrogen) atoms. The molecule has 3 aromatic rings. The molecule has 6 nitrogen and oxygen atoms in total. The van der Waals surface area contributed by atoms with Crippen LogP contribution in [0.25, 0.3) is 0 Å². The Bertz CT molecular complexity index is 833. The number of nitrogens with zero attached hydrogens (tertiary/aromatic N) is 3. The molecule has 122 valence electrons. The van der Waals surface area contributed by atoms with Gasteiger partial charge in [0.25, 0.3) is 0 Å². The van der Waals surface area contributed by atoms with Crippen LogP contribution >= 0.6 is 0 Å². The highest BCUT2D eigenvalue weighted by Crippen LogP contribution is 2.30. The van der Waals surface area contributed by atoms with E-state index in [1.54, 1.807) is 0 Å². The number of hydrogen-bond donors (Lipinski definition) is 2. The summed E-state index contributed by atoms with van der Waals surface area (Å²) in [5, 5.41) is 3.09. The number of pyridine rings is 1. The smallest absolute Gasteiger partial charge is 0.248 e. The molecule has 0 saturated heterocycles. The Morgan fingerprint density at radius 1 is 1.08 bits per heavy atom. The molecule has 0 aliphatic carbocycles. The molecule has 0 saturated carbocycles. The normalized spacial score (nSPS) is 10.4. The average molecular weight is 321 g/mol. The third-order valence-electron chi connectivity index (χ3n) is 3.53. The first-order valence-electron chi connectivity index (χ1n) is 7.73. The van der Waals surface area contributed by atoms with Crippen LogP contribution in [0.3, 0.4) is 0 Å². The first-order chi connectivity index (χ1) is 11.7. The standard InChI is InChI=1S/C18H19N5O/c1-3-13-7-9-14(10-8-13)24-18-16(19)17(20-11-21-18)23-15-6-4-5-12(2)22-15/h4-11H,3,19H2,1-2H3,(H,20,21,22,23). The van der Waals surface area contributed by atoms with Crippen molar-refractivity contribution in [1.82, 2.24) is 15.0 Å². The number of anilines is 3. The van der Waals surface area contributed by atoms with Gasteiger partial charge < -0.3 is 15.8 Å². The van der Waals surface area contributed by atoms with E-state index < -0.39 is 0 Å². The Hall–Kier alpha value is -3.15. The van der Waals surface area contributed by atoms with Crippen molar-refractivity contribution >= 4 is 17.3 Å². The van der Waals surface area contributed by atoms with E-state index in [2.05, 4.69) is 27.2 Å². The van der Waals surface area contributed by atoms with E-state index in [1.165, 1.54) is 11.9 Å². The highest BCUT2D eigenvalue weighted by Gasteiger charge is 2.11. The summed E-state index contributed by atoms with van der Waals surface area (Å²) >= 11 is 0. The van der Waals surface area contributed by atoms with E-state index in [0.29, 0.717) is 29.0 Å². The van der Waals surface area contributed by atoms with Crippen molar-refractivity contribution < 1.29 is 4.74 Å². The molecule has 0 radical (unpaired) electrons. The van der Waals surface area contributed by atoms with Gasteiger partial charge >= 0.3 is 0 Å². The van der Waals surface area contributed by atoms with Gasteiger partial charge in [0.15, 0.2) is 5.82 Å². The van der Waals surface area contributed by atoms with Crippen molar-refractivity contribution in [3.63, 3.8) is 0 Å². The summed E-state index contributed by atoms with van der Waals surface area (Å²) in [5.74, 6) is 2.11. The van der Waals surface area contributed by atoms with Crippen LogP contribution in [0.1, 0.15) is 18.2 Å². The van der Waals surface area contributed by atoms with Crippen LogP contribution < -0.4 is 15.8 Å². The SMILES string of the molecule is CCc1ccc(Oc2ncnc(Nc3cccc(C)n3)c2N)cc1. The summed E-state index contributed by atoms with van der Waals surface area (Å²) in [5.41, 5.74) is 8.61. The van der Waals surface area contributed by atoms with Gasteiger partial charge in [-0.05, 0) is 43.2 Å². The molecule has 6 heteroatoms. The summed E-state index contributed by atoms with van der Waals surface area (Å²) in [6, 6.07) is 13.5. The number of benzene rings is 1. The van der Waals surface area contributed by atoms with E-state index >= 15 is 0 Å². The highest BCUT2D eigenvalue weighted by atomic mass is 16.5. The first kappa shape index (κ1) is 15.7. The number of rotatable bonds is 5. The number of nitrogens with one attached hydrogen (secondary N) is 1. The van der Waals surface area contributed by atoms with Crippen LogP contribution in [-0.4, -0.2) is 15.0 Å². The number of nitrogen functional groups attached to an aromatic ring is 1. The summed E-state index contributed by atoms with van der Waals surface area (Å²) in [4.78, 5) is 12.7. The summed E-state index contributed by atoms with van der Waals surface area (Å²) < 4.78 is 5.77. The zero-order valence-corrected chi connectivity index (χ0v) is 13.7. The molecule has 0 amide bonds. The van der Waals surface area contributed by atoms with Gasteiger partial charge in [0.2, 0.25) is 5.88 Å². The lowest BCUT2D eigenvalue weighted by Crippen LogP contribution is -2.04. The van der Waals surface area contributed by atoms with Gasteiger partial charge in [-0.15, -0.1) is 0 Å². The van der Waals surface area contributed by atoms with Crippen molar-refractivity contribution in [1.29, 1.82) is 0 Å². The topological polar surface area (TPSA) is 86.0 Å². The largest absolute Gasteiger partial charge is 0.437 e. The molecule has 3 rings (SSSR count). The maximum atomic E-state index is 6.13. The molecule has 2 heterocycles. The monoisotopic (exact) mass is 321 g/mol. The van der Waals surface area contributed by atoms with E-state index in [-0.39, 0.29) is 0 Å².